The summed E-state index contributed by atoms with van der Waals surface area (Å²) in [7, 11) is -8.13. The molecule has 9 heteroatoms. The van der Waals surface area contributed by atoms with Crippen molar-refractivity contribution in [2.75, 3.05) is 18.1 Å². The number of rotatable bonds is 4. The van der Waals surface area contributed by atoms with E-state index in [1.165, 1.54) is 24.3 Å². The maximum atomic E-state index is 11.9. The standard InChI is InChI=1S/C12H13NO6S2/c13-11-3-4-12(21(17,18)19)9-2-1-8(7-10(9)11)20(15,16)6-5-14/h1-4,7,14H,5-6,13H2,(H,17,18,19). The van der Waals surface area contributed by atoms with E-state index in [-0.39, 0.29) is 26.3 Å². The van der Waals surface area contributed by atoms with Crippen LogP contribution < -0.4 is 5.73 Å². The maximum absolute atomic E-state index is 11.9. The summed E-state index contributed by atoms with van der Waals surface area (Å²) in [5.41, 5.74) is 5.91. The van der Waals surface area contributed by atoms with Gasteiger partial charge in [-0.25, -0.2) is 8.42 Å². The molecule has 0 saturated heterocycles. The van der Waals surface area contributed by atoms with Gasteiger partial charge in [-0.1, -0.05) is 6.07 Å². The van der Waals surface area contributed by atoms with E-state index in [1.807, 2.05) is 0 Å². The Morgan fingerprint density at radius 3 is 2.24 bits per heavy atom. The van der Waals surface area contributed by atoms with Crippen LogP contribution in [0.15, 0.2) is 40.1 Å². The van der Waals surface area contributed by atoms with E-state index in [9.17, 15) is 21.4 Å². The zero-order chi connectivity index (χ0) is 15.8. The topological polar surface area (TPSA) is 135 Å². The lowest BCUT2D eigenvalue weighted by Crippen LogP contribution is -2.10. The summed E-state index contributed by atoms with van der Waals surface area (Å²) in [6.07, 6.45) is 0. The number of hydrogen-bond acceptors (Lipinski definition) is 6. The first-order chi connectivity index (χ1) is 9.66. The second-order valence-electron chi connectivity index (χ2n) is 4.38. The number of aliphatic hydroxyl groups is 1. The molecule has 2 rings (SSSR count). The Balaban J connectivity index is 2.79. The number of benzene rings is 2. The second kappa shape index (κ2) is 5.26. The molecule has 0 atom stereocenters. The van der Waals surface area contributed by atoms with Gasteiger partial charge >= 0.3 is 0 Å². The van der Waals surface area contributed by atoms with Crippen LogP contribution >= 0.6 is 0 Å². The average Bonchev–Trinajstić information content (AvgIpc) is 2.37. The van der Waals surface area contributed by atoms with Crippen LogP contribution in [0.25, 0.3) is 10.8 Å². The molecule has 0 bridgehead atoms. The Kier molecular flexibility index (Phi) is 3.93. The van der Waals surface area contributed by atoms with Gasteiger partial charge in [-0.15, -0.1) is 0 Å². The van der Waals surface area contributed by atoms with E-state index >= 15 is 0 Å². The predicted molar refractivity (Wildman–Crippen MR) is 77.3 cm³/mol. The van der Waals surface area contributed by atoms with Crippen LogP contribution in [0.4, 0.5) is 5.69 Å². The Bertz CT molecular complexity index is 903. The minimum Gasteiger partial charge on any atom is -0.398 e. The second-order valence-corrected chi connectivity index (χ2v) is 7.88. The Morgan fingerprint density at radius 1 is 1.00 bits per heavy atom. The van der Waals surface area contributed by atoms with E-state index < -0.39 is 32.3 Å². The number of nitrogen functional groups attached to an aromatic ring is 1. The van der Waals surface area contributed by atoms with Crippen LogP contribution in [0.2, 0.25) is 0 Å². The van der Waals surface area contributed by atoms with Gasteiger partial charge in [0.15, 0.2) is 9.84 Å². The minimum absolute atomic E-state index is 0.0803. The van der Waals surface area contributed by atoms with Gasteiger partial charge in [0, 0.05) is 16.5 Å². The maximum Gasteiger partial charge on any atom is 0.295 e. The van der Waals surface area contributed by atoms with Gasteiger partial charge in [0.1, 0.15) is 4.90 Å². The van der Waals surface area contributed by atoms with Crippen molar-refractivity contribution >= 4 is 36.4 Å². The molecule has 0 aliphatic heterocycles. The molecule has 0 radical (unpaired) electrons. The first kappa shape index (κ1) is 15.7. The summed E-state index contributed by atoms with van der Waals surface area (Å²) in [5, 5.41) is 9.09. The molecule has 0 spiro atoms. The highest BCUT2D eigenvalue weighted by Crippen LogP contribution is 2.30. The number of hydrogen-bond donors (Lipinski definition) is 3. The minimum atomic E-state index is -4.45. The number of fused-ring (bicyclic) bond motifs is 1. The number of sulfone groups is 1. The highest BCUT2D eigenvalue weighted by molar-refractivity contribution is 7.91. The molecule has 4 N–H and O–H groups in total. The molecule has 0 amide bonds. The molecule has 0 aliphatic rings. The zero-order valence-corrected chi connectivity index (χ0v) is 12.4. The van der Waals surface area contributed by atoms with Crippen LogP contribution in [0.3, 0.4) is 0 Å². The largest absolute Gasteiger partial charge is 0.398 e. The molecule has 2 aromatic rings. The summed E-state index contributed by atoms with van der Waals surface area (Å²) < 4.78 is 55.6. The molecule has 7 nitrogen and oxygen atoms in total. The molecular weight excluding hydrogens is 318 g/mol. The molecule has 0 saturated carbocycles. The van der Waals surface area contributed by atoms with Crippen LogP contribution in [0, 0.1) is 0 Å². The third-order valence-electron chi connectivity index (χ3n) is 2.98. The van der Waals surface area contributed by atoms with Gasteiger partial charge in [-0.05, 0) is 24.3 Å². The lowest BCUT2D eigenvalue weighted by Gasteiger charge is -2.09. The quantitative estimate of drug-likeness (QED) is 0.546. The SMILES string of the molecule is Nc1ccc(S(=O)(=O)O)c2ccc(S(=O)(=O)CCO)cc12. The molecule has 0 heterocycles. The van der Waals surface area contributed by atoms with Crippen molar-refractivity contribution in [3.05, 3.63) is 30.3 Å². The fourth-order valence-corrected chi connectivity index (χ4v) is 3.72. The highest BCUT2D eigenvalue weighted by Gasteiger charge is 2.19. The van der Waals surface area contributed by atoms with Gasteiger partial charge in [0.05, 0.1) is 17.3 Å². The first-order valence-electron chi connectivity index (χ1n) is 5.80. The van der Waals surface area contributed by atoms with Gasteiger partial charge < -0.3 is 10.8 Å². The van der Waals surface area contributed by atoms with Crippen molar-refractivity contribution in [1.29, 1.82) is 0 Å². The predicted octanol–water partition coefficient (Wildman–Crippen LogP) is 0.435. The smallest absolute Gasteiger partial charge is 0.295 e. The third-order valence-corrected chi connectivity index (χ3v) is 5.58. The average molecular weight is 331 g/mol. The van der Waals surface area contributed by atoms with E-state index in [4.69, 9.17) is 10.8 Å². The lowest BCUT2D eigenvalue weighted by atomic mass is 10.1. The number of nitrogens with two attached hydrogens (primary N) is 1. The van der Waals surface area contributed by atoms with Crippen molar-refractivity contribution in [2.24, 2.45) is 0 Å². The number of anilines is 1. The van der Waals surface area contributed by atoms with E-state index in [1.54, 1.807) is 0 Å². The number of aliphatic hydroxyl groups excluding tert-OH is 1. The lowest BCUT2D eigenvalue weighted by molar-refractivity contribution is 0.319. The molecule has 0 unspecified atom stereocenters. The van der Waals surface area contributed by atoms with Crippen molar-refractivity contribution in [3.63, 3.8) is 0 Å². The summed E-state index contributed by atoms with van der Waals surface area (Å²) in [4.78, 5) is -0.430. The molecular formula is C12H13NO6S2. The molecule has 0 aromatic heterocycles. The normalized spacial score (nSPS) is 12.7. The summed E-state index contributed by atoms with van der Waals surface area (Å²) in [6.45, 7) is -0.527. The van der Waals surface area contributed by atoms with Crippen molar-refractivity contribution in [3.8, 4) is 0 Å². The van der Waals surface area contributed by atoms with Gasteiger partial charge in [-0.2, -0.15) is 8.42 Å². The van der Waals surface area contributed by atoms with Gasteiger partial charge in [-0.3, -0.25) is 4.55 Å². The summed E-state index contributed by atoms with van der Waals surface area (Å²) in [6, 6.07) is 6.12. The molecule has 0 aliphatic carbocycles. The molecule has 0 fully saturated rings. The Hall–Kier alpha value is -1.68. The van der Waals surface area contributed by atoms with Crippen molar-refractivity contribution in [2.45, 2.75) is 9.79 Å². The van der Waals surface area contributed by atoms with Crippen molar-refractivity contribution < 1.29 is 26.5 Å². The molecule has 2 aromatic carbocycles. The van der Waals surface area contributed by atoms with Crippen LogP contribution in [-0.4, -0.2) is 38.9 Å². The fourth-order valence-electron chi connectivity index (χ4n) is 1.98. The van der Waals surface area contributed by atoms with Crippen molar-refractivity contribution in [1.82, 2.24) is 0 Å². The van der Waals surface area contributed by atoms with E-state index in [0.29, 0.717) is 0 Å². The summed E-state index contributed by atoms with van der Waals surface area (Å²) in [5.74, 6) is -0.448. The Labute approximate surface area is 121 Å². The summed E-state index contributed by atoms with van der Waals surface area (Å²) >= 11 is 0. The first-order valence-corrected chi connectivity index (χ1v) is 8.89. The monoisotopic (exact) mass is 331 g/mol. The highest BCUT2D eigenvalue weighted by atomic mass is 32.2. The Morgan fingerprint density at radius 2 is 1.67 bits per heavy atom. The molecule has 114 valence electrons. The fraction of sp³-hybridized carbons (Fsp3) is 0.167. The van der Waals surface area contributed by atoms with Crippen LogP contribution in [0.1, 0.15) is 0 Å². The molecule has 21 heavy (non-hydrogen) atoms. The van der Waals surface area contributed by atoms with Crippen LogP contribution in [-0.2, 0) is 20.0 Å². The zero-order valence-electron chi connectivity index (χ0n) is 10.7. The van der Waals surface area contributed by atoms with E-state index in [0.717, 1.165) is 6.07 Å². The van der Waals surface area contributed by atoms with Gasteiger partial charge in [0.2, 0.25) is 0 Å². The van der Waals surface area contributed by atoms with Crippen LogP contribution in [0.5, 0.6) is 0 Å². The van der Waals surface area contributed by atoms with Gasteiger partial charge in [0.25, 0.3) is 10.1 Å². The van der Waals surface area contributed by atoms with E-state index in [2.05, 4.69) is 0 Å². The third kappa shape index (κ3) is 3.00.